The molecule has 8 aromatic rings. The van der Waals surface area contributed by atoms with Crippen molar-refractivity contribution in [3.8, 4) is 17.6 Å². The molecular weight excluding hydrogens is 833 g/mol. The van der Waals surface area contributed by atoms with E-state index in [0.717, 1.165) is 93.0 Å². The Bertz CT molecular complexity index is 3040. The van der Waals surface area contributed by atoms with Gasteiger partial charge in [0.1, 0.15) is 17.6 Å². The largest absolute Gasteiger partial charge is 0.497 e. The number of anilines is 6. The molecule has 0 amide bonds. The first-order valence-corrected chi connectivity index (χ1v) is 23.6. The van der Waals surface area contributed by atoms with Crippen LogP contribution in [0.2, 0.25) is 0 Å². The summed E-state index contributed by atoms with van der Waals surface area (Å²) in [5, 5.41) is 12.0. The second-order valence-electron chi connectivity index (χ2n) is 17.5. The lowest BCUT2D eigenvalue weighted by molar-refractivity contribution is 0.414. The molecule has 2 aliphatic carbocycles. The minimum absolute atomic E-state index is 0.526. The van der Waals surface area contributed by atoms with Crippen LogP contribution in [0.1, 0.15) is 75.8 Å². The van der Waals surface area contributed by atoms with E-state index in [9.17, 15) is 5.26 Å². The maximum Gasteiger partial charge on any atom is 0.202 e. The first kappa shape index (κ1) is 43.6. The number of benzene rings is 8. The number of fused-ring (bicyclic) bond motifs is 3. The lowest BCUT2D eigenvalue weighted by atomic mass is 9.90. The van der Waals surface area contributed by atoms with Crippen molar-refractivity contribution in [1.29, 1.82) is 5.26 Å². The number of nitriles is 1. The summed E-state index contributed by atoms with van der Waals surface area (Å²) in [6, 6.07) is 57.4. The molecule has 68 heavy (non-hydrogen) atoms. The quantitative estimate of drug-likeness (QED) is 0.0904. The molecule has 0 bridgehead atoms. The summed E-state index contributed by atoms with van der Waals surface area (Å²) in [5.41, 5.74) is 17.1. The van der Waals surface area contributed by atoms with Gasteiger partial charge in [-0.05, 0) is 192 Å². The number of hydrogen-bond acceptors (Lipinski definition) is 5. The lowest BCUT2D eigenvalue weighted by Crippen LogP contribution is -2.15. The van der Waals surface area contributed by atoms with Crippen LogP contribution in [-0.2, 0) is 25.7 Å². The molecule has 0 aliphatic heterocycles. The van der Waals surface area contributed by atoms with Gasteiger partial charge in [0, 0.05) is 34.1 Å². The Hall–Kier alpha value is -8.32. The smallest absolute Gasteiger partial charge is 0.202 e. The van der Waals surface area contributed by atoms with Crippen LogP contribution >= 0.6 is 0 Å². The molecule has 0 radical (unpaired) electrons. The zero-order chi connectivity index (χ0) is 46.4. The third kappa shape index (κ3) is 8.73. The summed E-state index contributed by atoms with van der Waals surface area (Å²) in [6.45, 7) is 8.25. The Morgan fingerprint density at radius 1 is 0.485 bits per heavy atom. The number of methoxy groups -OCH3 is 2. The van der Waals surface area contributed by atoms with E-state index in [0.29, 0.717) is 11.3 Å². The minimum Gasteiger partial charge on any atom is -0.497 e. The van der Waals surface area contributed by atoms with Crippen LogP contribution in [-0.4, -0.2) is 14.2 Å². The Balaban J connectivity index is 0.904. The minimum atomic E-state index is 0.526. The Kier molecular flexibility index (Phi) is 12.6. The van der Waals surface area contributed by atoms with Gasteiger partial charge in [0.15, 0.2) is 0 Å². The van der Waals surface area contributed by atoms with E-state index in [-0.39, 0.29) is 0 Å². The van der Waals surface area contributed by atoms with Crippen LogP contribution in [0.25, 0.3) is 39.9 Å². The highest BCUT2D eigenvalue weighted by molar-refractivity contribution is 6.03. The van der Waals surface area contributed by atoms with Gasteiger partial charge in [0.05, 0.1) is 26.4 Å². The summed E-state index contributed by atoms with van der Waals surface area (Å²) in [5.74, 6) is 1.65. The van der Waals surface area contributed by atoms with E-state index in [1.807, 2.05) is 60.7 Å². The number of hydrogen-bond donors (Lipinski definition) is 0. The Morgan fingerprint density at radius 3 is 1.37 bits per heavy atom. The summed E-state index contributed by atoms with van der Waals surface area (Å²) >= 11 is 0. The van der Waals surface area contributed by atoms with E-state index in [2.05, 4.69) is 142 Å². The van der Waals surface area contributed by atoms with Gasteiger partial charge >= 0.3 is 0 Å². The van der Waals surface area contributed by atoms with E-state index in [4.69, 9.17) is 16.0 Å². The second kappa shape index (κ2) is 19.6. The topological polar surface area (TPSA) is 53.1 Å². The van der Waals surface area contributed by atoms with Crippen molar-refractivity contribution in [1.82, 2.24) is 0 Å². The normalized spacial score (nSPS) is 13.1. The van der Waals surface area contributed by atoms with Gasteiger partial charge in [0.25, 0.3) is 0 Å². The zero-order valence-electron chi connectivity index (χ0n) is 38.6. The molecule has 6 nitrogen and oxygen atoms in total. The van der Waals surface area contributed by atoms with Crippen molar-refractivity contribution < 1.29 is 9.47 Å². The molecular formula is C62H52N4O2. The van der Waals surface area contributed by atoms with Crippen LogP contribution in [0.15, 0.2) is 158 Å². The summed E-state index contributed by atoms with van der Waals surface area (Å²) in [6.07, 6.45) is 17.3. The molecule has 0 N–H and O–H groups in total. The molecule has 0 aromatic heterocycles. The molecule has 0 spiro atoms. The number of rotatable bonds is 12. The highest BCUT2D eigenvalue weighted by atomic mass is 16.5. The van der Waals surface area contributed by atoms with Gasteiger partial charge in [-0.3, -0.25) is 0 Å². The van der Waals surface area contributed by atoms with Crippen LogP contribution in [0, 0.1) is 17.9 Å². The summed E-state index contributed by atoms with van der Waals surface area (Å²) in [4.78, 5) is 8.70. The molecule has 0 saturated heterocycles. The van der Waals surface area contributed by atoms with Crippen molar-refractivity contribution in [3.05, 3.63) is 219 Å². The molecule has 0 unspecified atom stereocenters. The number of ether oxygens (including phenoxy) is 2. The molecule has 2 aliphatic rings. The standard InChI is InChI=1S/C62H52N4O2/c1-64-62-48(25-19-44-22-30-50(31-23-44)66(52-34-38-54(68-3)39-35-52)61-17-9-13-46-11-5-7-15-56(46)61)27-40-57-58(62)41-26-47(59(57)42-63)24-18-43-20-28-49(29-21-43)65(51-32-36-53(67-2)37-33-51)60-16-8-12-45-10-4-6-14-55(45)60/h8-9,12-13,16-41H,4-7,10-11,14-15H2,2-3H3. The molecule has 0 heterocycles. The SMILES string of the molecule is [C-]#[N+]c1c(C=Cc2ccc(N(c3ccc(OC)cc3)c3cccc4c3CCCC4)cc2)ccc2c(C#N)c(C=Cc3ccc(N(c4ccc(OC)cc4)c4cccc5c4CCCC5)cc3)ccc12. The molecule has 332 valence electrons. The van der Waals surface area contributed by atoms with Gasteiger partial charge in [-0.15, -0.1) is 0 Å². The molecule has 0 fully saturated rings. The Labute approximate surface area is 400 Å². The number of nitrogens with zero attached hydrogens (tertiary/aromatic N) is 4. The monoisotopic (exact) mass is 884 g/mol. The predicted molar refractivity (Wildman–Crippen MR) is 281 cm³/mol. The fourth-order valence-corrected chi connectivity index (χ4v) is 10.0. The maximum atomic E-state index is 10.5. The van der Waals surface area contributed by atoms with Crippen molar-refractivity contribution in [3.63, 3.8) is 0 Å². The highest BCUT2D eigenvalue weighted by Crippen LogP contribution is 2.43. The first-order valence-electron chi connectivity index (χ1n) is 23.6. The zero-order valence-corrected chi connectivity index (χ0v) is 38.6. The van der Waals surface area contributed by atoms with Gasteiger partial charge < -0.3 is 19.3 Å². The average molecular weight is 885 g/mol. The molecule has 8 aromatic carbocycles. The predicted octanol–water partition coefficient (Wildman–Crippen LogP) is 16.3. The van der Waals surface area contributed by atoms with E-state index in [1.165, 1.54) is 59.3 Å². The second-order valence-corrected chi connectivity index (χ2v) is 17.5. The Morgan fingerprint density at radius 2 is 0.912 bits per heavy atom. The summed E-state index contributed by atoms with van der Waals surface area (Å²) < 4.78 is 11.0. The van der Waals surface area contributed by atoms with Crippen LogP contribution in [0.3, 0.4) is 0 Å². The van der Waals surface area contributed by atoms with E-state index in [1.54, 1.807) is 14.2 Å². The average Bonchev–Trinajstić information content (AvgIpc) is 3.40. The van der Waals surface area contributed by atoms with Crippen LogP contribution in [0.5, 0.6) is 11.5 Å². The molecule has 0 saturated carbocycles. The van der Waals surface area contributed by atoms with Crippen LogP contribution in [0.4, 0.5) is 39.8 Å². The van der Waals surface area contributed by atoms with E-state index >= 15 is 0 Å². The van der Waals surface area contributed by atoms with Gasteiger partial charge in [0.2, 0.25) is 5.69 Å². The number of aryl methyl sites for hydroxylation is 2. The van der Waals surface area contributed by atoms with Crippen LogP contribution < -0.4 is 19.3 Å². The van der Waals surface area contributed by atoms with Crippen molar-refractivity contribution in [2.75, 3.05) is 24.0 Å². The van der Waals surface area contributed by atoms with Gasteiger partial charge in [-0.2, -0.15) is 5.26 Å². The summed E-state index contributed by atoms with van der Waals surface area (Å²) in [7, 11) is 3.39. The molecule has 6 heteroatoms. The first-order chi connectivity index (χ1) is 33.5. The van der Waals surface area contributed by atoms with Gasteiger partial charge in [-0.1, -0.05) is 97.1 Å². The van der Waals surface area contributed by atoms with E-state index < -0.39 is 0 Å². The van der Waals surface area contributed by atoms with Crippen molar-refractivity contribution in [2.24, 2.45) is 0 Å². The van der Waals surface area contributed by atoms with Crippen molar-refractivity contribution in [2.45, 2.75) is 51.4 Å². The highest BCUT2D eigenvalue weighted by Gasteiger charge is 2.22. The van der Waals surface area contributed by atoms with Gasteiger partial charge in [-0.25, -0.2) is 4.85 Å². The fourth-order valence-electron chi connectivity index (χ4n) is 10.0. The van der Waals surface area contributed by atoms with Crippen molar-refractivity contribution >= 4 is 74.9 Å². The molecule has 0 atom stereocenters. The lowest BCUT2D eigenvalue weighted by Gasteiger charge is -2.30. The third-order valence-electron chi connectivity index (χ3n) is 13.6. The molecule has 10 rings (SSSR count). The third-order valence-corrected chi connectivity index (χ3v) is 13.6. The maximum absolute atomic E-state index is 10.5. The fraction of sp³-hybridized carbons (Fsp3) is 0.161.